The van der Waals surface area contributed by atoms with E-state index in [4.69, 9.17) is 14.2 Å². The SMILES string of the molecule is N#Cc1cc(-c2ncnc(Nc3cccc(C4CCC(C5COC5)CC4)c3)n2)ccc1OC1CCOCC1. The van der Waals surface area contributed by atoms with Crippen molar-refractivity contribution in [3.05, 3.63) is 59.9 Å². The quantitative estimate of drug-likeness (QED) is 0.435. The van der Waals surface area contributed by atoms with Crippen LogP contribution in [0.5, 0.6) is 5.75 Å². The molecule has 3 fully saturated rings. The standard InChI is InChI=1S/C30H33N5O3/c31-16-24-14-23(8-9-28(24)38-27-10-12-36-13-11-27)29-32-19-33-30(35-29)34-26-3-1-2-22(15-26)20-4-6-21(7-5-20)25-17-37-18-25/h1-3,8-9,14-15,19-21,25,27H,4-7,10-13,17-18H2,(H,32,33,34,35). The average Bonchev–Trinajstić information content (AvgIpc) is 2.94. The predicted molar refractivity (Wildman–Crippen MR) is 143 cm³/mol. The fourth-order valence-electron chi connectivity index (χ4n) is 5.78. The van der Waals surface area contributed by atoms with Crippen molar-refractivity contribution in [3.8, 4) is 23.2 Å². The third-order valence-corrected chi connectivity index (χ3v) is 8.11. The fourth-order valence-corrected chi connectivity index (χ4v) is 5.78. The van der Waals surface area contributed by atoms with E-state index < -0.39 is 0 Å². The van der Waals surface area contributed by atoms with Crippen molar-refractivity contribution in [2.75, 3.05) is 31.7 Å². The predicted octanol–water partition coefficient (Wildman–Crippen LogP) is 5.63. The molecular weight excluding hydrogens is 478 g/mol. The molecule has 3 heterocycles. The minimum Gasteiger partial charge on any atom is -0.489 e. The highest BCUT2D eigenvalue weighted by molar-refractivity contribution is 5.63. The molecule has 2 aromatic carbocycles. The summed E-state index contributed by atoms with van der Waals surface area (Å²) in [6.07, 6.45) is 8.26. The topological polar surface area (TPSA) is 102 Å². The lowest BCUT2D eigenvalue weighted by molar-refractivity contribution is -0.0684. The fraction of sp³-hybridized carbons (Fsp3) is 0.467. The Kier molecular flexibility index (Phi) is 7.47. The molecule has 0 spiro atoms. The highest BCUT2D eigenvalue weighted by Crippen LogP contribution is 2.41. The summed E-state index contributed by atoms with van der Waals surface area (Å²) in [4.78, 5) is 13.3. The summed E-state index contributed by atoms with van der Waals surface area (Å²) >= 11 is 0. The van der Waals surface area contributed by atoms with E-state index in [2.05, 4.69) is 44.5 Å². The van der Waals surface area contributed by atoms with Crippen LogP contribution >= 0.6 is 0 Å². The van der Waals surface area contributed by atoms with Crippen molar-refractivity contribution >= 4 is 11.6 Å². The van der Waals surface area contributed by atoms with Gasteiger partial charge in [0.25, 0.3) is 0 Å². The minimum absolute atomic E-state index is 0.0674. The number of aromatic nitrogens is 3. The third-order valence-electron chi connectivity index (χ3n) is 8.11. The summed E-state index contributed by atoms with van der Waals surface area (Å²) in [5.41, 5.74) is 3.54. The van der Waals surface area contributed by atoms with Crippen molar-refractivity contribution in [1.82, 2.24) is 15.0 Å². The number of ether oxygens (including phenoxy) is 3. The normalized spacial score (nSPS) is 22.3. The Bertz CT molecular complexity index is 1290. The number of nitriles is 1. The van der Waals surface area contributed by atoms with Crippen LogP contribution in [0.25, 0.3) is 11.4 Å². The molecule has 1 aliphatic carbocycles. The second kappa shape index (κ2) is 11.5. The van der Waals surface area contributed by atoms with E-state index in [1.807, 2.05) is 18.2 Å². The first-order valence-corrected chi connectivity index (χ1v) is 13.7. The molecule has 3 aliphatic rings. The Morgan fingerprint density at radius 3 is 2.50 bits per heavy atom. The van der Waals surface area contributed by atoms with Gasteiger partial charge in [0.15, 0.2) is 5.82 Å². The molecular formula is C30H33N5O3. The van der Waals surface area contributed by atoms with Gasteiger partial charge >= 0.3 is 0 Å². The van der Waals surface area contributed by atoms with Crippen molar-refractivity contribution in [2.24, 2.45) is 11.8 Å². The molecule has 6 rings (SSSR count). The Balaban J connectivity index is 1.13. The third kappa shape index (κ3) is 5.64. The molecule has 1 saturated carbocycles. The minimum atomic E-state index is 0.0674. The molecule has 0 bridgehead atoms. The zero-order chi connectivity index (χ0) is 25.7. The molecule has 1 N–H and O–H groups in total. The van der Waals surface area contributed by atoms with Crippen LogP contribution in [0, 0.1) is 23.2 Å². The lowest BCUT2D eigenvalue weighted by atomic mass is 9.73. The van der Waals surface area contributed by atoms with Gasteiger partial charge in [-0.05, 0) is 73.4 Å². The van der Waals surface area contributed by atoms with E-state index in [-0.39, 0.29) is 6.10 Å². The van der Waals surface area contributed by atoms with E-state index in [1.165, 1.54) is 37.6 Å². The van der Waals surface area contributed by atoms with E-state index in [0.29, 0.717) is 42.2 Å². The van der Waals surface area contributed by atoms with E-state index in [1.54, 1.807) is 6.07 Å². The van der Waals surface area contributed by atoms with Crippen LogP contribution in [0.4, 0.5) is 11.6 Å². The molecule has 3 aromatic rings. The van der Waals surface area contributed by atoms with Crippen LogP contribution in [0.2, 0.25) is 0 Å². The van der Waals surface area contributed by atoms with Crippen LogP contribution in [0.1, 0.15) is 55.6 Å². The number of hydrogen-bond acceptors (Lipinski definition) is 8. The van der Waals surface area contributed by atoms with Gasteiger partial charge in [-0.3, -0.25) is 0 Å². The monoisotopic (exact) mass is 511 g/mol. The number of nitrogens with one attached hydrogen (secondary N) is 1. The molecule has 8 nitrogen and oxygen atoms in total. The van der Waals surface area contributed by atoms with Gasteiger partial charge < -0.3 is 19.5 Å². The maximum atomic E-state index is 9.73. The van der Waals surface area contributed by atoms with E-state index in [0.717, 1.165) is 49.1 Å². The molecule has 1 aromatic heterocycles. The molecule has 0 unspecified atom stereocenters. The Labute approximate surface area is 223 Å². The summed E-state index contributed by atoms with van der Waals surface area (Å²) < 4.78 is 16.9. The first kappa shape index (κ1) is 24.8. The smallest absolute Gasteiger partial charge is 0.230 e. The highest BCUT2D eigenvalue weighted by Gasteiger charge is 2.32. The number of hydrogen-bond donors (Lipinski definition) is 1. The summed E-state index contributed by atoms with van der Waals surface area (Å²) in [6, 6.07) is 16.3. The maximum Gasteiger partial charge on any atom is 0.230 e. The highest BCUT2D eigenvalue weighted by atomic mass is 16.5. The number of rotatable bonds is 7. The summed E-state index contributed by atoms with van der Waals surface area (Å²) in [5.74, 6) is 3.76. The van der Waals surface area contributed by atoms with Gasteiger partial charge in [0.1, 0.15) is 24.3 Å². The van der Waals surface area contributed by atoms with Crippen molar-refractivity contribution in [2.45, 2.75) is 50.5 Å². The first-order chi connectivity index (χ1) is 18.7. The summed E-state index contributed by atoms with van der Waals surface area (Å²) in [7, 11) is 0. The van der Waals surface area contributed by atoms with Gasteiger partial charge in [0.2, 0.25) is 5.95 Å². The number of anilines is 2. The molecule has 0 radical (unpaired) electrons. The molecule has 38 heavy (non-hydrogen) atoms. The van der Waals surface area contributed by atoms with Crippen molar-refractivity contribution in [3.63, 3.8) is 0 Å². The Morgan fingerprint density at radius 2 is 1.74 bits per heavy atom. The molecule has 0 atom stereocenters. The lowest BCUT2D eigenvalue weighted by Gasteiger charge is -2.38. The van der Waals surface area contributed by atoms with E-state index in [9.17, 15) is 5.26 Å². The number of benzene rings is 2. The zero-order valence-corrected chi connectivity index (χ0v) is 21.5. The molecule has 196 valence electrons. The molecule has 0 amide bonds. The zero-order valence-electron chi connectivity index (χ0n) is 21.5. The van der Waals surface area contributed by atoms with Crippen LogP contribution in [0.3, 0.4) is 0 Å². The van der Waals surface area contributed by atoms with Crippen LogP contribution < -0.4 is 10.1 Å². The summed E-state index contributed by atoms with van der Waals surface area (Å²) in [5, 5.41) is 13.1. The second-order valence-corrected chi connectivity index (χ2v) is 10.5. The van der Waals surface area contributed by atoms with Gasteiger partial charge in [0.05, 0.1) is 32.0 Å². The Hall–Kier alpha value is -3.54. The van der Waals surface area contributed by atoms with Gasteiger partial charge in [-0.1, -0.05) is 12.1 Å². The lowest BCUT2D eigenvalue weighted by Crippen LogP contribution is -2.36. The number of nitrogens with zero attached hydrogens (tertiary/aromatic N) is 4. The van der Waals surface area contributed by atoms with Gasteiger partial charge in [-0.2, -0.15) is 10.2 Å². The van der Waals surface area contributed by atoms with Gasteiger partial charge in [-0.15, -0.1) is 0 Å². The largest absolute Gasteiger partial charge is 0.489 e. The summed E-state index contributed by atoms with van der Waals surface area (Å²) in [6.45, 7) is 3.28. The van der Waals surface area contributed by atoms with Crippen LogP contribution in [0.15, 0.2) is 48.8 Å². The molecule has 8 heteroatoms. The van der Waals surface area contributed by atoms with Crippen LogP contribution in [-0.4, -0.2) is 47.5 Å². The average molecular weight is 512 g/mol. The van der Waals surface area contributed by atoms with Gasteiger partial charge in [-0.25, -0.2) is 9.97 Å². The van der Waals surface area contributed by atoms with Crippen molar-refractivity contribution < 1.29 is 14.2 Å². The van der Waals surface area contributed by atoms with Crippen molar-refractivity contribution in [1.29, 1.82) is 5.26 Å². The van der Waals surface area contributed by atoms with E-state index >= 15 is 0 Å². The van der Waals surface area contributed by atoms with Gasteiger partial charge in [0, 0.05) is 30.0 Å². The molecule has 2 aliphatic heterocycles. The first-order valence-electron chi connectivity index (χ1n) is 13.7. The van der Waals surface area contributed by atoms with Crippen LogP contribution in [-0.2, 0) is 9.47 Å². The maximum absolute atomic E-state index is 9.73. The molecule has 2 saturated heterocycles. The second-order valence-electron chi connectivity index (χ2n) is 10.5. The Morgan fingerprint density at radius 1 is 0.895 bits per heavy atom.